The second kappa shape index (κ2) is 7.36. The van der Waals surface area contributed by atoms with E-state index in [-0.39, 0.29) is 5.41 Å². The molecule has 0 aliphatic carbocycles. The van der Waals surface area contributed by atoms with Gasteiger partial charge in [-0.25, -0.2) is 12.8 Å². The summed E-state index contributed by atoms with van der Waals surface area (Å²) < 4.78 is 86.3. The highest BCUT2D eigenvalue weighted by Gasteiger charge is 2.55. The van der Waals surface area contributed by atoms with Crippen LogP contribution in [0.15, 0.2) is 23.1 Å². The van der Waals surface area contributed by atoms with Gasteiger partial charge in [0.15, 0.2) is 0 Å². The molecule has 0 unspecified atom stereocenters. The van der Waals surface area contributed by atoms with Crippen LogP contribution in [0.1, 0.15) is 12.8 Å². The first kappa shape index (κ1) is 20.8. The number of sulfonamides is 1. The van der Waals surface area contributed by atoms with E-state index in [1.165, 1.54) is 4.31 Å². The molecule has 3 fully saturated rings. The third kappa shape index (κ3) is 4.37. The zero-order chi connectivity index (χ0) is 20.9. The van der Waals surface area contributed by atoms with Gasteiger partial charge in [0.25, 0.3) is 0 Å². The van der Waals surface area contributed by atoms with Crippen molar-refractivity contribution in [2.24, 2.45) is 11.3 Å². The van der Waals surface area contributed by atoms with Gasteiger partial charge in [0.1, 0.15) is 16.5 Å². The molecule has 1 spiro atoms. The molecule has 0 N–H and O–H groups in total. The Kier molecular flexibility index (Phi) is 5.29. The van der Waals surface area contributed by atoms with E-state index >= 15 is 0 Å². The molecule has 1 aromatic carbocycles. The van der Waals surface area contributed by atoms with Crippen molar-refractivity contribution in [3.05, 3.63) is 24.0 Å². The lowest BCUT2D eigenvalue weighted by molar-refractivity contribution is -0.274. The summed E-state index contributed by atoms with van der Waals surface area (Å²) in [5.74, 6) is -1.45. The van der Waals surface area contributed by atoms with E-state index in [1.54, 1.807) is 0 Å². The van der Waals surface area contributed by atoms with Gasteiger partial charge in [-0.15, -0.1) is 13.2 Å². The van der Waals surface area contributed by atoms with Gasteiger partial charge in [0.2, 0.25) is 10.0 Å². The average Bonchev–Trinajstić information content (AvgIpc) is 2.54. The van der Waals surface area contributed by atoms with E-state index in [0.29, 0.717) is 25.1 Å². The molecule has 0 aromatic heterocycles. The monoisotopic (exact) mass is 438 g/mol. The Bertz CT molecular complexity index is 857. The van der Waals surface area contributed by atoms with Gasteiger partial charge >= 0.3 is 6.36 Å². The van der Waals surface area contributed by atoms with Crippen molar-refractivity contribution in [3.63, 3.8) is 0 Å². The molecule has 3 saturated heterocycles. The Morgan fingerprint density at radius 3 is 2.38 bits per heavy atom. The van der Waals surface area contributed by atoms with Gasteiger partial charge in [0, 0.05) is 57.4 Å². The van der Waals surface area contributed by atoms with Crippen LogP contribution in [0.2, 0.25) is 0 Å². The average molecular weight is 438 g/mol. The van der Waals surface area contributed by atoms with Crippen molar-refractivity contribution >= 4 is 10.0 Å². The van der Waals surface area contributed by atoms with Gasteiger partial charge in [-0.2, -0.15) is 4.31 Å². The normalized spacial score (nSPS) is 23.6. The molecule has 29 heavy (non-hydrogen) atoms. The fourth-order valence-corrected chi connectivity index (χ4v) is 6.14. The van der Waals surface area contributed by atoms with Crippen LogP contribution in [0, 0.1) is 17.2 Å². The van der Waals surface area contributed by atoms with E-state index in [0.717, 1.165) is 57.8 Å². The molecule has 0 bridgehead atoms. The van der Waals surface area contributed by atoms with Crippen LogP contribution in [0.25, 0.3) is 0 Å². The van der Waals surface area contributed by atoms with Crippen molar-refractivity contribution in [1.29, 1.82) is 0 Å². The molecule has 3 heterocycles. The summed E-state index contributed by atoms with van der Waals surface area (Å²) >= 11 is 0. The van der Waals surface area contributed by atoms with Crippen LogP contribution in [0.4, 0.5) is 17.6 Å². The smallest absolute Gasteiger partial charge is 0.406 e. The summed E-state index contributed by atoms with van der Waals surface area (Å²) in [6.07, 6.45) is -2.90. The molecule has 3 aliphatic heterocycles. The molecular weight excluding hydrogens is 416 g/mol. The summed E-state index contributed by atoms with van der Waals surface area (Å²) in [4.78, 5) is 1.67. The van der Waals surface area contributed by atoms with Crippen molar-refractivity contribution in [1.82, 2.24) is 9.21 Å². The highest BCUT2D eigenvalue weighted by molar-refractivity contribution is 7.89. The van der Waals surface area contributed by atoms with Crippen molar-refractivity contribution in [2.45, 2.75) is 24.1 Å². The SMILES string of the molecule is O=S(=O)(c1ccc(OC(F)(F)F)cc1F)N1CC2(CN(CC3CCOCC3)C2)C1. The number of hydrogen-bond donors (Lipinski definition) is 0. The minimum Gasteiger partial charge on any atom is -0.406 e. The molecular formula is C18H22F4N2O4S. The van der Waals surface area contributed by atoms with Crippen LogP contribution >= 0.6 is 0 Å². The summed E-state index contributed by atoms with van der Waals surface area (Å²) in [7, 11) is -4.10. The highest BCUT2D eigenvalue weighted by atomic mass is 32.2. The van der Waals surface area contributed by atoms with Gasteiger partial charge in [0.05, 0.1) is 0 Å². The second-order valence-corrected chi connectivity index (χ2v) is 10.0. The number of rotatable bonds is 5. The standard InChI is InChI=1S/C18H22F4N2O4S/c19-15-7-14(28-18(20,21)22)1-2-16(15)29(25,26)24-11-17(12-24)9-23(10-17)8-13-3-5-27-6-4-13/h1-2,7,13H,3-6,8-12H2. The minimum atomic E-state index is -4.97. The molecule has 3 aliphatic rings. The zero-order valence-corrected chi connectivity index (χ0v) is 16.4. The predicted molar refractivity (Wildman–Crippen MR) is 94.3 cm³/mol. The highest BCUT2D eigenvalue weighted by Crippen LogP contribution is 2.43. The van der Waals surface area contributed by atoms with Crippen molar-refractivity contribution < 1.29 is 35.5 Å². The molecule has 0 radical (unpaired) electrons. The van der Waals surface area contributed by atoms with Crippen molar-refractivity contribution in [3.8, 4) is 5.75 Å². The maximum Gasteiger partial charge on any atom is 0.573 e. The maximum absolute atomic E-state index is 14.2. The molecule has 0 atom stereocenters. The molecule has 0 saturated carbocycles. The number of nitrogens with zero attached hydrogens (tertiary/aromatic N) is 2. The van der Waals surface area contributed by atoms with E-state index in [4.69, 9.17) is 4.74 Å². The van der Waals surface area contributed by atoms with E-state index in [1.807, 2.05) is 0 Å². The lowest BCUT2D eigenvalue weighted by Gasteiger charge is -2.60. The Morgan fingerprint density at radius 2 is 1.79 bits per heavy atom. The maximum atomic E-state index is 14.2. The van der Waals surface area contributed by atoms with Gasteiger partial charge < -0.3 is 14.4 Å². The number of ether oxygens (including phenoxy) is 2. The summed E-state index contributed by atoms with van der Waals surface area (Å²) in [5, 5.41) is 0. The summed E-state index contributed by atoms with van der Waals surface area (Å²) in [5.41, 5.74) is -0.103. The third-order valence-corrected chi connectivity index (χ3v) is 7.58. The number of hydrogen-bond acceptors (Lipinski definition) is 5. The largest absolute Gasteiger partial charge is 0.573 e. The Hall–Kier alpha value is -1.43. The van der Waals surface area contributed by atoms with Crippen LogP contribution in [-0.4, -0.2) is 69.9 Å². The van der Waals surface area contributed by atoms with Crippen LogP contribution in [0.3, 0.4) is 0 Å². The topological polar surface area (TPSA) is 59.1 Å². The van der Waals surface area contributed by atoms with Crippen LogP contribution in [-0.2, 0) is 14.8 Å². The predicted octanol–water partition coefficient (Wildman–Crippen LogP) is 2.46. The Balaban J connectivity index is 1.33. The van der Waals surface area contributed by atoms with E-state index < -0.39 is 32.8 Å². The Labute approximate surface area is 166 Å². The van der Waals surface area contributed by atoms with E-state index in [2.05, 4.69) is 9.64 Å². The molecule has 11 heteroatoms. The summed E-state index contributed by atoms with van der Waals surface area (Å²) in [6, 6.07) is 2.06. The number of likely N-dealkylation sites (tertiary alicyclic amines) is 1. The van der Waals surface area contributed by atoms with Crippen LogP contribution in [0.5, 0.6) is 5.75 Å². The molecule has 162 valence electrons. The first-order valence-electron chi connectivity index (χ1n) is 9.42. The van der Waals surface area contributed by atoms with Gasteiger partial charge in [-0.1, -0.05) is 0 Å². The number of benzene rings is 1. The fourth-order valence-electron chi connectivity index (χ4n) is 4.42. The molecule has 1 aromatic rings. The lowest BCUT2D eigenvalue weighted by atomic mass is 9.74. The second-order valence-electron chi connectivity index (χ2n) is 8.14. The molecule has 0 amide bonds. The summed E-state index contributed by atoms with van der Waals surface area (Å²) in [6.45, 7) is 4.74. The Morgan fingerprint density at radius 1 is 1.14 bits per heavy atom. The van der Waals surface area contributed by atoms with E-state index in [9.17, 15) is 26.0 Å². The lowest BCUT2D eigenvalue weighted by Crippen LogP contribution is -2.73. The molecule has 4 rings (SSSR count). The minimum absolute atomic E-state index is 0.103. The third-order valence-electron chi connectivity index (χ3n) is 5.75. The first-order valence-corrected chi connectivity index (χ1v) is 10.9. The zero-order valence-electron chi connectivity index (χ0n) is 15.6. The number of halogens is 4. The van der Waals surface area contributed by atoms with Gasteiger partial charge in [-0.3, -0.25) is 0 Å². The first-order chi connectivity index (χ1) is 13.6. The fraction of sp³-hybridized carbons (Fsp3) is 0.667. The number of alkyl halides is 3. The molecule has 6 nitrogen and oxygen atoms in total. The van der Waals surface area contributed by atoms with Crippen LogP contribution < -0.4 is 4.74 Å². The van der Waals surface area contributed by atoms with Gasteiger partial charge in [-0.05, 0) is 30.9 Å². The van der Waals surface area contributed by atoms with Crippen molar-refractivity contribution in [2.75, 3.05) is 45.9 Å². The quantitative estimate of drug-likeness (QED) is 0.661.